The van der Waals surface area contributed by atoms with E-state index in [2.05, 4.69) is 28.0 Å². The van der Waals surface area contributed by atoms with Crippen molar-refractivity contribution in [2.24, 2.45) is 0 Å². The number of hydrogen-bond donors (Lipinski definition) is 0. The average molecular weight is 272 g/mol. The van der Waals surface area contributed by atoms with E-state index in [1.54, 1.807) is 7.11 Å². The molecule has 0 N–H and O–H groups in total. The van der Waals surface area contributed by atoms with Gasteiger partial charge in [-0.1, -0.05) is 6.07 Å². The van der Waals surface area contributed by atoms with Crippen molar-refractivity contribution in [1.82, 2.24) is 9.80 Å². The second-order valence-corrected chi connectivity index (χ2v) is 5.96. The molecule has 0 aromatic heterocycles. The summed E-state index contributed by atoms with van der Waals surface area (Å²) in [5.74, 6) is 1.29. The summed E-state index contributed by atoms with van der Waals surface area (Å²) in [6, 6.07) is 6.95. The van der Waals surface area contributed by atoms with Gasteiger partial charge in [-0.2, -0.15) is 0 Å². The summed E-state index contributed by atoms with van der Waals surface area (Å²) in [6.45, 7) is 1.97. The van der Waals surface area contributed by atoms with Crippen molar-refractivity contribution in [2.75, 3.05) is 20.2 Å². The fourth-order valence-electron chi connectivity index (χ4n) is 4.11. The van der Waals surface area contributed by atoms with E-state index in [9.17, 15) is 4.79 Å². The molecule has 1 amide bonds. The number of carbonyl (C=O) groups excluding carboxylic acids is 1. The lowest BCUT2D eigenvalue weighted by molar-refractivity contribution is -0.135. The minimum atomic E-state index is 0.342. The lowest BCUT2D eigenvalue weighted by Crippen LogP contribution is -2.54. The number of rotatable bonds is 1. The van der Waals surface area contributed by atoms with Crippen molar-refractivity contribution < 1.29 is 9.53 Å². The fourth-order valence-corrected chi connectivity index (χ4v) is 4.11. The van der Waals surface area contributed by atoms with Crippen LogP contribution < -0.4 is 4.74 Å². The van der Waals surface area contributed by atoms with Gasteiger partial charge in [0.05, 0.1) is 13.3 Å². The van der Waals surface area contributed by atoms with E-state index in [1.165, 1.54) is 11.1 Å². The normalized spacial score (nSPS) is 28.9. The van der Waals surface area contributed by atoms with Crippen molar-refractivity contribution in [3.63, 3.8) is 0 Å². The van der Waals surface area contributed by atoms with Gasteiger partial charge in [0.1, 0.15) is 5.75 Å². The van der Waals surface area contributed by atoms with Crippen molar-refractivity contribution in [3.05, 3.63) is 29.3 Å². The Morgan fingerprint density at radius 2 is 2.10 bits per heavy atom. The van der Waals surface area contributed by atoms with Gasteiger partial charge in [-0.25, -0.2) is 0 Å². The lowest BCUT2D eigenvalue weighted by atomic mass is 9.88. The molecule has 0 bridgehead atoms. The molecule has 0 saturated carbocycles. The van der Waals surface area contributed by atoms with Crippen molar-refractivity contribution >= 4 is 5.91 Å². The largest absolute Gasteiger partial charge is 0.497 e. The lowest BCUT2D eigenvalue weighted by Gasteiger charge is -2.48. The summed E-state index contributed by atoms with van der Waals surface area (Å²) in [6.07, 6.45) is 4.18. The van der Waals surface area contributed by atoms with E-state index in [1.807, 2.05) is 0 Å². The van der Waals surface area contributed by atoms with Gasteiger partial charge in [0, 0.05) is 25.6 Å². The number of fused-ring (bicyclic) bond motifs is 5. The molecule has 3 aliphatic heterocycles. The minimum Gasteiger partial charge on any atom is -0.497 e. The van der Waals surface area contributed by atoms with Crippen LogP contribution in [0.15, 0.2) is 18.2 Å². The molecule has 0 unspecified atom stereocenters. The SMILES string of the molecule is COc1ccc2c(c1)CCN1[C@H]2CCN2C(=O)CC[C@@H]21. The van der Waals surface area contributed by atoms with Crippen LogP contribution in [0.3, 0.4) is 0 Å². The molecule has 3 heterocycles. The third-order valence-corrected chi connectivity index (χ3v) is 5.07. The van der Waals surface area contributed by atoms with Crippen LogP contribution in [0, 0.1) is 0 Å². The summed E-state index contributed by atoms with van der Waals surface area (Å²) in [4.78, 5) is 16.5. The Morgan fingerprint density at radius 1 is 1.20 bits per heavy atom. The summed E-state index contributed by atoms with van der Waals surface area (Å²) >= 11 is 0. The number of ether oxygens (including phenoxy) is 1. The summed E-state index contributed by atoms with van der Waals surface area (Å²) in [5, 5.41) is 0. The van der Waals surface area contributed by atoms with Crippen LogP contribution in [0.4, 0.5) is 0 Å². The molecule has 3 aliphatic rings. The Morgan fingerprint density at radius 3 is 2.95 bits per heavy atom. The molecule has 2 atom stereocenters. The van der Waals surface area contributed by atoms with E-state index in [0.29, 0.717) is 18.1 Å². The highest BCUT2D eigenvalue weighted by atomic mass is 16.5. The topological polar surface area (TPSA) is 32.8 Å². The van der Waals surface area contributed by atoms with Crippen LogP contribution in [0.1, 0.15) is 36.4 Å². The fraction of sp³-hybridized carbons (Fsp3) is 0.562. The van der Waals surface area contributed by atoms with Crippen molar-refractivity contribution in [2.45, 2.75) is 37.9 Å². The molecule has 0 radical (unpaired) electrons. The maximum Gasteiger partial charge on any atom is 0.223 e. The maximum absolute atomic E-state index is 11.9. The minimum absolute atomic E-state index is 0.342. The molecule has 20 heavy (non-hydrogen) atoms. The first kappa shape index (κ1) is 12.2. The molecule has 106 valence electrons. The molecule has 4 nitrogen and oxygen atoms in total. The molecule has 4 heteroatoms. The number of amides is 1. The van der Waals surface area contributed by atoms with E-state index < -0.39 is 0 Å². The highest BCUT2D eigenvalue weighted by Crippen LogP contribution is 2.41. The molecule has 0 aliphatic carbocycles. The van der Waals surface area contributed by atoms with Crippen LogP contribution in [0.5, 0.6) is 5.75 Å². The van der Waals surface area contributed by atoms with Gasteiger partial charge in [0.25, 0.3) is 0 Å². The van der Waals surface area contributed by atoms with Crippen LogP contribution in [-0.2, 0) is 11.2 Å². The Labute approximate surface area is 119 Å². The molecular weight excluding hydrogens is 252 g/mol. The Balaban J connectivity index is 1.67. The molecule has 0 spiro atoms. The van der Waals surface area contributed by atoms with Gasteiger partial charge in [-0.15, -0.1) is 0 Å². The Kier molecular flexibility index (Phi) is 2.74. The Bertz CT molecular complexity index is 557. The first-order valence-electron chi connectivity index (χ1n) is 7.50. The summed E-state index contributed by atoms with van der Waals surface area (Å²) in [5.41, 5.74) is 2.86. The summed E-state index contributed by atoms with van der Waals surface area (Å²) < 4.78 is 5.33. The van der Waals surface area contributed by atoms with Gasteiger partial charge in [-0.05, 0) is 42.5 Å². The third kappa shape index (κ3) is 1.67. The number of methoxy groups -OCH3 is 1. The highest BCUT2D eigenvalue weighted by Gasteiger charge is 2.43. The average Bonchev–Trinajstić information content (AvgIpc) is 2.88. The monoisotopic (exact) mass is 272 g/mol. The van der Waals surface area contributed by atoms with Gasteiger partial charge in [0.2, 0.25) is 5.91 Å². The predicted molar refractivity (Wildman–Crippen MR) is 75.5 cm³/mol. The van der Waals surface area contributed by atoms with E-state index in [-0.39, 0.29) is 0 Å². The van der Waals surface area contributed by atoms with Crippen LogP contribution in [-0.4, -0.2) is 42.1 Å². The second-order valence-electron chi connectivity index (χ2n) is 5.96. The maximum atomic E-state index is 11.9. The predicted octanol–water partition coefficient (Wildman–Crippen LogP) is 1.95. The number of carbonyl (C=O) groups is 1. The van der Waals surface area contributed by atoms with E-state index >= 15 is 0 Å². The standard InChI is InChI=1S/C16H20N2O2/c1-20-12-2-3-13-11(10-12)6-8-17-14(13)7-9-18-15(17)4-5-16(18)19/h2-3,10,14-15H,4-9H2,1H3/t14-,15+/m0/s1. The number of nitrogens with zero attached hydrogens (tertiary/aromatic N) is 2. The number of benzene rings is 1. The van der Waals surface area contributed by atoms with Crippen molar-refractivity contribution in [1.29, 1.82) is 0 Å². The Hall–Kier alpha value is -1.55. The van der Waals surface area contributed by atoms with Crippen molar-refractivity contribution in [3.8, 4) is 5.75 Å². The van der Waals surface area contributed by atoms with Crippen LogP contribution >= 0.6 is 0 Å². The van der Waals surface area contributed by atoms with Gasteiger partial charge in [-0.3, -0.25) is 9.69 Å². The van der Waals surface area contributed by atoms with Crippen LogP contribution in [0.25, 0.3) is 0 Å². The first-order chi connectivity index (χ1) is 9.78. The quantitative estimate of drug-likeness (QED) is 0.783. The zero-order valence-electron chi connectivity index (χ0n) is 11.8. The molecular formula is C16H20N2O2. The molecule has 2 saturated heterocycles. The van der Waals surface area contributed by atoms with Gasteiger partial charge < -0.3 is 9.64 Å². The smallest absolute Gasteiger partial charge is 0.223 e. The first-order valence-corrected chi connectivity index (χ1v) is 7.50. The molecule has 1 aromatic rings. The zero-order chi connectivity index (χ0) is 13.7. The summed E-state index contributed by atoms with van der Waals surface area (Å²) in [7, 11) is 1.72. The molecule has 1 aromatic carbocycles. The second kappa shape index (κ2) is 4.48. The highest BCUT2D eigenvalue weighted by molar-refractivity contribution is 5.78. The van der Waals surface area contributed by atoms with E-state index in [0.717, 1.165) is 44.5 Å². The zero-order valence-corrected chi connectivity index (χ0v) is 11.8. The number of hydrogen-bond acceptors (Lipinski definition) is 3. The molecule has 2 fully saturated rings. The molecule has 4 rings (SSSR count). The third-order valence-electron chi connectivity index (χ3n) is 5.07. The van der Waals surface area contributed by atoms with Gasteiger partial charge >= 0.3 is 0 Å². The van der Waals surface area contributed by atoms with Gasteiger partial charge in [0.15, 0.2) is 0 Å². The van der Waals surface area contributed by atoms with Crippen LogP contribution in [0.2, 0.25) is 0 Å². The van der Waals surface area contributed by atoms with E-state index in [4.69, 9.17) is 4.74 Å².